The fourth-order valence-corrected chi connectivity index (χ4v) is 2.12. The van der Waals surface area contributed by atoms with Crippen molar-refractivity contribution in [3.8, 4) is 0 Å². The number of urea groups is 1. The Labute approximate surface area is 124 Å². The topological polar surface area (TPSA) is 66.6 Å². The van der Waals surface area contributed by atoms with Gasteiger partial charge in [0, 0.05) is 22.8 Å². The number of halogens is 1. The summed E-state index contributed by atoms with van der Waals surface area (Å²) in [5.41, 5.74) is 0.671. The second kappa shape index (κ2) is 6.49. The normalized spacial score (nSPS) is 11.4. The predicted octanol–water partition coefficient (Wildman–Crippen LogP) is 3.23. The molecule has 0 aliphatic carbocycles. The van der Waals surface area contributed by atoms with Crippen LogP contribution in [0.25, 0.3) is 0 Å². The third-order valence-corrected chi connectivity index (χ3v) is 3.43. The molecule has 2 N–H and O–H groups in total. The van der Waals surface area contributed by atoms with Gasteiger partial charge in [0.2, 0.25) is 0 Å². The van der Waals surface area contributed by atoms with E-state index in [1.807, 2.05) is 24.5 Å². The van der Waals surface area contributed by atoms with Gasteiger partial charge >= 0.3 is 6.03 Å². The molecule has 0 unspecified atom stereocenters. The maximum Gasteiger partial charge on any atom is 0.345 e. The summed E-state index contributed by atoms with van der Waals surface area (Å²) in [5.74, 6) is 0. The number of hydrogen-bond donors (Lipinski definition) is 2. The number of benzene rings is 1. The number of hydrogen-bond acceptors (Lipinski definition) is 3. The molecule has 1 aromatic carbocycles. The summed E-state index contributed by atoms with van der Waals surface area (Å²) in [6.07, 6.45) is 3.27. The SMILES string of the molecule is CSc1cccc(NC(=O)N=c2ccn(O)c(Cl)c2)c1. The Kier molecular flexibility index (Phi) is 4.70. The summed E-state index contributed by atoms with van der Waals surface area (Å²) in [6.45, 7) is 0. The summed E-state index contributed by atoms with van der Waals surface area (Å²) in [5, 5.41) is 12.3. The van der Waals surface area contributed by atoms with Crippen LogP contribution in [0.5, 0.6) is 0 Å². The van der Waals surface area contributed by atoms with Crippen LogP contribution in [0.3, 0.4) is 0 Å². The fourth-order valence-electron chi connectivity index (χ4n) is 1.49. The molecular weight excluding hydrogens is 298 g/mol. The van der Waals surface area contributed by atoms with E-state index >= 15 is 0 Å². The van der Waals surface area contributed by atoms with Crippen molar-refractivity contribution < 1.29 is 10.0 Å². The zero-order valence-corrected chi connectivity index (χ0v) is 12.1. The zero-order chi connectivity index (χ0) is 14.5. The maximum atomic E-state index is 11.8. The molecule has 1 heterocycles. The molecule has 0 aliphatic heterocycles. The largest absolute Gasteiger partial charge is 0.428 e. The van der Waals surface area contributed by atoms with E-state index in [4.69, 9.17) is 11.6 Å². The van der Waals surface area contributed by atoms with Gasteiger partial charge in [-0.3, -0.25) is 0 Å². The lowest BCUT2D eigenvalue weighted by atomic mass is 10.3. The van der Waals surface area contributed by atoms with Gasteiger partial charge in [0.05, 0.1) is 5.36 Å². The lowest BCUT2D eigenvalue weighted by Crippen LogP contribution is -2.13. The van der Waals surface area contributed by atoms with Crippen LogP contribution in [0.4, 0.5) is 10.5 Å². The fraction of sp³-hybridized carbons (Fsp3) is 0.0769. The number of thioether (sulfide) groups is 1. The van der Waals surface area contributed by atoms with Crippen molar-refractivity contribution in [3.63, 3.8) is 0 Å². The minimum atomic E-state index is -0.505. The van der Waals surface area contributed by atoms with E-state index in [1.54, 1.807) is 17.8 Å². The zero-order valence-electron chi connectivity index (χ0n) is 10.6. The summed E-state index contributed by atoms with van der Waals surface area (Å²) >= 11 is 7.30. The van der Waals surface area contributed by atoms with Gasteiger partial charge in [0.1, 0.15) is 5.15 Å². The molecule has 0 spiro atoms. The maximum absolute atomic E-state index is 11.8. The van der Waals surface area contributed by atoms with Crippen molar-refractivity contribution in [2.45, 2.75) is 4.90 Å². The molecule has 2 amide bonds. The van der Waals surface area contributed by atoms with E-state index in [9.17, 15) is 10.0 Å². The molecule has 7 heteroatoms. The number of amides is 2. The van der Waals surface area contributed by atoms with Gasteiger partial charge < -0.3 is 10.5 Å². The highest BCUT2D eigenvalue weighted by Crippen LogP contribution is 2.18. The molecule has 1 aromatic heterocycles. The summed E-state index contributed by atoms with van der Waals surface area (Å²) in [7, 11) is 0. The summed E-state index contributed by atoms with van der Waals surface area (Å²) < 4.78 is 0.737. The number of anilines is 1. The first-order valence-corrected chi connectivity index (χ1v) is 7.26. The first kappa shape index (κ1) is 14.5. The average Bonchev–Trinajstić information content (AvgIpc) is 2.43. The van der Waals surface area contributed by atoms with Crippen LogP contribution in [-0.2, 0) is 0 Å². The Hall–Kier alpha value is -1.92. The standard InChI is InChI=1S/C13H12ClN3O2S/c1-20-11-4-2-3-9(7-11)15-13(18)16-10-5-6-17(19)12(14)8-10/h2-8,19H,1H3,(H,15,18). The van der Waals surface area contributed by atoms with E-state index in [-0.39, 0.29) is 5.15 Å². The molecule has 0 saturated heterocycles. The van der Waals surface area contributed by atoms with Gasteiger partial charge in [0.25, 0.3) is 0 Å². The first-order chi connectivity index (χ1) is 9.58. The second-order valence-corrected chi connectivity index (χ2v) is 5.09. The molecule has 0 fully saturated rings. The van der Waals surface area contributed by atoms with Crippen LogP contribution in [0, 0.1) is 0 Å². The molecule has 2 aromatic rings. The Balaban J connectivity index is 2.17. The number of pyridine rings is 1. The Morgan fingerprint density at radius 3 is 2.90 bits per heavy atom. The van der Waals surface area contributed by atoms with Crippen LogP contribution < -0.4 is 10.7 Å². The minimum Gasteiger partial charge on any atom is -0.428 e. The predicted molar refractivity (Wildman–Crippen MR) is 79.4 cm³/mol. The average molecular weight is 310 g/mol. The molecule has 0 atom stereocenters. The van der Waals surface area contributed by atoms with Crippen molar-refractivity contribution in [1.82, 2.24) is 4.73 Å². The van der Waals surface area contributed by atoms with Crippen LogP contribution >= 0.6 is 23.4 Å². The molecule has 0 saturated carbocycles. The van der Waals surface area contributed by atoms with Crippen molar-refractivity contribution in [3.05, 3.63) is 53.1 Å². The van der Waals surface area contributed by atoms with Crippen LogP contribution in [0.15, 0.2) is 52.5 Å². The Morgan fingerprint density at radius 1 is 1.40 bits per heavy atom. The summed E-state index contributed by atoms with van der Waals surface area (Å²) in [4.78, 5) is 16.7. The van der Waals surface area contributed by atoms with Crippen LogP contribution in [0.2, 0.25) is 5.15 Å². The van der Waals surface area contributed by atoms with Crippen molar-refractivity contribution in [1.29, 1.82) is 0 Å². The van der Waals surface area contributed by atoms with E-state index in [1.165, 1.54) is 18.3 Å². The van der Waals surface area contributed by atoms with Gasteiger partial charge in [-0.05, 0) is 30.5 Å². The van der Waals surface area contributed by atoms with Crippen LogP contribution in [0.1, 0.15) is 0 Å². The molecule has 0 aliphatic rings. The van der Waals surface area contributed by atoms with Gasteiger partial charge in [0.15, 0.2) is 0 Å². The monoisotopic (exact) mass is 309 g/mol. The van der Waals surface area contributed by atoms with E-state index in [2.05, 4.69) is 10.3 Å². The van der Waals surface area contributed by atoms with E-state index in [0.717, 1.165) is 9.63 Å². The van der Waals surface area contributed by atoms with Gasteiger partial charge in [-0.1, -0.05) is 17.7 Å². The third-order valence-electron chi connectivity index (χ3n) is 2.42. The number of nitrogens with one attached hydrogen (secondary N) is 1. The molecule has 0 bridgehead atoms. The Morgan fingerprint density at radius 2 is 2.20 bits per heavy atom. The molecular formula is C13H12ClN3O2S. The number of carbonyl (C=O) groups is 1. The second-order valence-electron chi connectivity index (χ2n) is 3.83. The van der Waals surface area contributed by atoms with E-state index < -0.39 is 6.03 Å². The molecule has 20 heavy (non-hydrogen) atoms. The highest BCUT2D eigenvalue weighted by atomic mass is 35.5. The molecule has 104 valence electrons. The smallest absolute Gasteiger partial charge is 0.345 e. The number of rotatable bonds is 2. The molecule has 0 radical (unpaired) electrons. The number of nitrogens with zero attached hydrogens (tertiary/aromatic N) is 2. The first-order valence-electron chi connectivity index (χ1n) is 5.66. The van der Waals surface area contributed by atoms with Crippen molar-refractivity contribution in [2.24, 2.45) is 4.99 Å². The van der Waals surface area contributed by atoms with Gasteiger partial charge in [-0.25, -0.2) is 4.79 Å². The van der Waals surface area contributed by atoms with Crippen molar-refractivity contribution in [2.75, 3.05) is 11.6 Å². The van der Waals surface area contributed by atoms with Gasteiger partial charge in [-0.2, -0.15) is 9.72 Å². The Bertz CT molecular complexity index is 700. The molecule has 2 rings (SSSR count). The molecule has 5 nitrogen and oxygen atoms in total. The lowest BCUT2D eigenvalue weighted by Gasteiger charge is -2.03. The van der Waals surface area contributed by atoms with E-state index in [0.29, 0.717) is 11.0 Å². The summed E-state index contributed by atoms with van der Waals surface area (Å²) in [6, 6.07) is 9.81. The lowest BCUT2D eigenvalue weighted by molar-refractivity contribution is 0.185. The number of carbonyl (C=O) groups excluding carboxylic acids is 1. The minimum absolute atomic E-state index is 0.0726. The third kappa shape index (κ3) is 3.79. The number of aromatic nitrogens is 1. The van der Waals surface area contributed by atoms with Crippen LogP contribution in [-0.4, -0.2) is 22.2 Å². The highest BCUT2D eigenvalue weighted by molar-refractivity contribution is 7.98. The quantitative estimate of drug-likeness (QED) is 0.508. The highest BCUT2D eigenvalue weighted by Gasteiger charge is 2.01. The van der Waals surface area contributed by atoms with Gasteiger partial charge in [-0.15, -0.1) is 11.8 Å². The van der Waals surface area contributed by atoms with Crippen molar-refractivity contribution >= 4 is 35.1 Å².